The lowest BCUT2D eigenvalue weighted by Crippen LogP contribution is -2.27. The highest BCUT2D eigenvalue weighted by atomic mass is 32.1. The van der Waals surface area contributed by atoms with E-state index >= 15 is 0 Å². The van der Waals surface area contributed by atoms with E-state index in [0.29, 0.717) is 25.5 Å². The third-order valence-corrected chi connectivity index (χ3v) is 6.94. The number of aryl methyl sites for hydroxylation is 1. The van der Waals surface area contributed by atoms with E-state index in [-0.39, 0.29) is 24.5 Å². The number of aliphatic hydroxyl groups is 2. The maximum Gasteiger partial charge on any atom is 0.224 e. The molecule has 0 bridgehead atoms. The standard InChI is InChI=1S/C24H36N6O2S/c1-5-17(13-31)8-12-26-21-20(16(2)28-23(30-21)27-14-24(3,4)15-32)22-29-18-9-11-25-10-6-7-19(18)33-22/h6,10-11,17,31-32H,5,7-9,12-15H2,1-4H3,(H2,26,27,28,30). The molecule has 0 spiro atoms. The number of allylic oxidation sites excluding steroid dienone is 1. The maximum absolute atomic E-state index is 9.57. The number of rotatable bonds is 11. The van der Waals surface area contributed by atoms with E-state index in [0.717, 1.165) is 47.0 Å². The zero-order valence-electron chi connectivity index (χ0n) is 20.1. The predicted octanol–water partition coefficient (Wildman–Crippen LogP) is 3.84. The summed E-state index contributed by atoms with van der Waals surface area (Å²) >= 11 is 1.68. The van der Waals surface area contributed by atoms with Gasteiger partial charge in [0, 0.05) is 61.9 Å². The number of aliphatic imine (C=N–C) groups is 1. The number of thiazole rings is 1. The zero-order valence-corrected chi connectivity index (χ0v) is 20.9. The van der Waals surface area contributed by atoms with Crippen molar-refractivity contribution in [3.63, 3.8) is 0 Å². The van der Waals surface area contributed by atoms with E-state index in [1.165, 1.54) is 4.88 Å². The predicted molar refractivity (Wildman–Crippen MR) is 136 cm³/mol. The molecule has 0 radical (unpaired) electrons. The SMILES string of the molecule is CCC(CO)CCNc1nc(NCC(C)(C)CO)nc(C)c1-c1nc2c(s1)CC=CN=CC2. The van der Waals surface area contributed by atoms with Gasteiger partial charge >= 0.3 is 0 Å². The Morgan fingerprint density at radius 1 is 1.15 bits per heavy atom. The summed E-state index contributed by atoms with van der Waals surface area (Å²) in [5.74, 6) is 1.53. The molecule has 180 valence electrons. The maximum atomic E-state index is 9.57. The summed E-state index contributed by atoms with van der Waals surface area (Å²) in [6, 6.07) is 0. The van der Waals surface area contributed by atoms with Crippen LogP contribution in [-0.2, 0) is 12.8 Å². The molecule has 0 amide bonds. The highest BCUT2D eigenvalue weighted by molar-refractivity contribution is 7.15. The summed E-state index contributed by atoms with van der Waals surface area (Å²) in [6.45, 7) is 9.57. The Morgan fingerprint density at radius 2 is 1.97 bits per heavy atom. The number of hydrogen-bond donors (Lipinski definition) is 4. The average molecular weight is 473 g/mol. The molecule has 8 nitrogen and oxygen atoms in total. The van der Waals surface area contributed by atoms with Crippen molar-refractivity contribution < 1.29 is 10.2 Å². The number of hydrogen-bond acceptors (Lipinski definition) is 9. The summed E-state index contributed by atoms with van der Waals surface area (Å²) in [7, 11) is 0. The topological polar surface area (TPSA) is 116 Å². The second kappa shape index (κ2) is 11.7. The number of nitrogens with one attached hydrogen (secondary N) is 2. The lowest BCUT2D eigenvalue weighted by atomic mass is 9.95. The molecule has 33 heavy (non-hydrogen) atoms. The second-order valence-electron chi connectivity index (χ2n) is 9.22. The van der Waals surface area contributed by atoms with Gasteiger partial charge in [0.25, 0.3) is 0 Å². The van der Waals surface area contributed by atoms with Crippen LogP contribution in [0, 0.1) is 18.3 Å². The van der Waals surface area contributed by atoms with Crippen molar-refractivity contribution in [1.82, 2.24) is 15.0 Å². The van der Waals surface area contributed by atoms with Gasteiger partial charge in [-0.15, -0.1) is 11.3 Å². The fraction of sp³-hybridized carbons (Fsp3) is 0.583. The molecule has 0 aliphatic carbocycles. The molecule has 9 heteroatoms. The van der Waals surface area contributed by atoms with E-state index in [2.05, 4.69) is 28.6 Å². The summed E-state index contributed by atoms with van der Waals surface area (Å²) in [4.78, 5) is 19.9. The first kappa shape index (κ1) is 25.3. The van der Waals surface area contributed by atoms with Crippen molar-refractivity contribution in [2.75, 3.05) is 36.9 Å². The molecule has 4 N–H and O–H groups in total. The van der Waals surface area contributed by atoms with Gasteiger partial charge in [-0.05, 0) is 19.3 Å². The fourth-order valence-electron chi connectivity index (χ4n) is 3.46. The van der Waals surface area contributed by atoms with Crippen LogP contribution < -0.4 is 10.6 Å². The molecular weight excluding hydrogens is 436 g/mol. The van der Waals surface area contributed by atoms with Crippen LogP contribution in [0.4, 0.5) is 11.8 Å². The van der Waals surface area contributed by atoms with Crippen LogP contribution in [-0.4, -0.2) is 57.7 Å². The van der Waals surface area contributed by atoms with Crippen LogP contribution in [0.1, 0.15) is 49.9 Å². The van der Waals surface area contributed by atoms with Crippen LogP contribution in [0.3, 0.4) is 0 Å². The Morgan fingerprint density at radius 3 is 2.70 bits per heavy atom. The molecule has 1 aliphatic heterocycles. The Balaban J connectivity index is 1.93. The van der Waals surface area contributed by atoms with E-state index in [4.69, 9.17) is 15.0 Å². The number of nitrogens with zero attached hydrogens (tertiary/aromatic N) is 4. The van der Waals surface area contributed by atoms with Crippen LogP contribution in [0.25, 0.3) is 10.6 Å². The molecule has 0 saturated heterocycles. The summed E-state index contributed by atoms with van der Waals surface area (Å²) in [5.41, 5.74) is 2.53. The number of fused-ring (bicyclic) bond motifs is 1. The highest BCUT2D eigenvalue weighted by Gasteiger charge is 2.21. The first-order chi connectivity index (χ1) is 15.9. The molecular formula is C24H36N6O2S. The molecule has 0 aromatic carbocycles. The Bertz CT molecular complexity index is 950. The Hall–Kier alpha value is -2.36. The van der Waals surface area contributed by atoms with E-state index in [9.17, 15) is 10.2 Å². The van der Waals surface area contributed by atoms with Crippen molar-refractivity contribution >= 4 is 29.3 Å². The third-order valence-electron chi connectivity index (χ3n) is 5.80. The van der Waals surface area contributed by atoms with Crippen LogP contribution in [0.15, 0.2) is 17.3 Å². The van der Waals surface area contributed by atoms with E-state index < -0.39 is 0 Å². The highest BCUT2D eigenvalue weighted by Crippen LogP contribution is 2.36. The van der Waals surface area contributed by atoms with Crippen molar-refractivity contribution in [1.29, 1.82) is 0 Å². The zero-order chi connectivity index (χ0) is 23.8. The fourth-order valence-corrected chi connectivity index (χ4v) is 4.62. The normalized spacial score (nSPS) is 14.5. The van der Waals surface area contributed by atoms with Crippen molar-refractivity contribution in [3.05, 3.63) is 28.5 Å². The lowest BCUT2D eigenvalue weighted by molar-refractivity contribution is 0.170. The molecule has 2 aromatic heterocycles. The first-order valence-electron chi connectivity index (χ1n) is 11.6. The van der Waals surface area contributed by atoms with Crippen molar-refractivity contribution in [2.24, 2.45) is 16.3 Å². The Kier molecular flexibility index (Phi) is 8.94. The van der Waals surface area contributed by atoms with Gasteiger partial charge in [-0.3, -0.25) is 4.99 Å². The molecule has 0 fully saturated rings. The number of aliphatic hydroxyl groups excluding tert-OH is 2. The number of anilines is 2. The van der Waals surface area contributed by atoms with Gasteiger partial charge in [0.1, 0.15) is 10.8 Å². The smallest absolute Gasteiger partial charge is 0.224 e. The second-order valence-corrected chi connectivity index (χ2v) is 10.3. The van der Waals surface area contributed by atoms with Gasteiger partial charge in [0.2, 0.25) is 5.95 Å². The van der Waals surface area contributed by atoms with E-state index in [1.807, 2.05) is 33.2 Å². The molecule has 2 aromatic rings. The molecule has 0 saturated carbocycles. The van der Waals surface area contributed by atoms with Gasteiger partial charge in [-0.1, -0.05) is 33.3 Å². The van der Waals surface area contributed by atoms with Crippen molar-refractivity contribution in [3.8, 4) is 10.6 Å². The van der Waals surface area contributed by atoms with Gasteiger partial charge in [-0.25, -0.2) is 9.97 Å². The summed E-state index contributed by atoms with van der Waals surface area (Å²) < 4.78 is 0. The third kappa shape index (κ3) is 6.82. The molecule has 1 aliphatic rings. The van der Waals surface area contributed by atoms with Crippen LogP contribution >= 0.6 is 11.3 Å². The monoisotopic (exact) mass is 472 g/mol. The van der Waals surface area contributed by atoms with Gasteiger partial charge in [0.15, 0.2) is 0 Å². The average Bonchev–Trinajstić information content (AvgIpc) is 3.16. The Labute approximate surface area is 200 Å². The van der Waals surface area contributed by atoms with Gasteiger partial charge in [-0.2, -0.15) is 4.98 Å². The van der Waals surface area contributed by atoms with Crippen molar-refractivity contribution in [2.45, 2.75) is 53.4 Å². The lowest BCUT2D eigenvalue weighted by Gasteiger charge is -2.22. The molecule has 1 unspecified atom stereocenters. The van der Waals surface area contributed by atoms with E-state index in [1.54, 1.807) is 11.3 Å². The quantitative estimate of drug-likeness (QED) is 0.393. The van der Waals surface area contributed by atoms with Crippen LogP contribution in [0.5, 0.6) is 0 Å². The minimum Gasteiger partial charge on any atom is -0.396 e. The summed E-state index contributed by atoms with van der Waals surface area (Å²) in [6.07, 6.45) is 9.09. The molecule has 1 atom stereocenters. The summed E-state index contributed by atoms with van der Waals surface area (Å²) in [5, 5.41) is 26.8. The first-order valence-corrected chi connectivity index (χ1v) is 12.4. The van der Waals surface area contributed by atoms with Gasteiger partial charge in [0.05, 0.1) is 17.0 Å². The molecule has 3 heterocycles. The largest absolute Gasteiger partial charge is 0.396 e. The minimum absolute atomic E-state index is 0.0736. The molecule has 3 rings (SSSR count). The number of aromatic nitrogens is 3. The minimum atomic E-state index is -0.278. The van der Waals surface area contributed by atoms with Gasteiger partial charge < -0.3 is 20.8 Å². The van der Waals surface area contributed by atoms with Crippen LogP contribution in [0.2, 0.25) is 0 Å².